The van der Waals surface area contributed by atoms with Crippen molar-refractivity contribution in [2.75, 3.05) is 0 Å². The molecule has 0 aliphatic rings. The number of rotatable bonds is 0. The van der Waals surface area contributed by atoms with Crippen molar-refractivity contribution in [1.82, 2.24) is 0 Å². The maximum atomic E-state index is 8.52. The standard InChI is InChI=1S/Al.ClH.K.H2O4S/c;;;1-5(2,3)4/h;1H;;(H2,1,2,3,4)/q+3;;+1;/p-3. The van der Waals surface area contributed by atoms with E-state index in [9.17, 15) is 0 Å². The van der Waals surface area contributed by atoms with Crippen molar-refractivity contribution < 1.29 is 81.3 Å². The molecule has 4 nitrogen and oxygen atoms in total. The zero-order valence-corrected chi connectivity index (χ0v) is 9.85. The minimum atomic E-state index is -5.17. The molecule has 0 fully saturated rings. The molecule has 0 unspecified atom stereocenters. The fourth-order valence-electron chi connectivity index (χ4n) is 0. The quantitative estimate of drug-likeness (QED) is 0.220. The van der Waals surface area contributed by atoms with Crippen LogP contribution in [0.3, 0.4) is 0 Å². The molecule has 0 aromatic carbocycles. The zero-order valence-electron chi connectivity index (χ0n) is 4.00. The van der Waals surface area contributed by atoms with Crippen LogP contribution in [-0.4, -0.2) is 34.9 Å². The normalized spacial score (nSPS) is 7.25. The van der Waals surface area contributed by atoms with Gasteiger partial charge < -0.3 is 21.5 Å². The van der Waals surface area contributed by atoms with Crippen LogP contribution in [0.1, 0.15) is 0 Å². The summed E-state index contributed by atoms with van der Waals surface area (Å²) in [5, 5.41) is 0. The van der Waals surface area contributed by atoms with Crippen LogP contribution in [0.2, 0.25) is 0 Å². The molecule has 0 amide bonds. The van der Waals surface area contributed by atoms with Crippen LogP contribution in [0.5, 0.6) is 0 Å². The first-order valence-electron chi connectivity index (χ1n) is 0.667. The van der Waals surface area contributed by atoms with Crippen LogP contribution in [0.15, 0.2) is 0 Å². The predicted octanol–water partition coefficient (Wildman–Crippen LogP) is -7.71. The van der Waals surface area contributed by atoms with Crippen LogP contribution < -0.4 is 63.8 Å². The van der Waals surface area contributed by atoms with Gasteiger partial charge >= 0.3 is 68.7 Å². The predicted molar refractivity (Wildman–Crippen MR) is 16.2 cm³/mol. The first-order valence-corrected chi connectivity index (χ1v) is 2.00. The Hall–Kier alpha value is 2.33. The Morgan fingerprint density at radius 2 is 1.12 bits per heavy atom. The van der Waals surface area contributed by atoms with Crippen LogP contribution in [0.25, 0.3) is 0 Å². The molecular formula is AlClKO4S+. The summed E-state index contributed by atoms with van der Waals surface area (Å²) in [6, 6.07) is 0. The van der Waals surface area contributed by atoms with Gasteiger partial charge in [-0.2, -0.15) is 0 Å². The molecular weight excluding hydrogens is 198 g/mol. The van der Waals surface area contributed by atoms with Gasteiger partial charge in [0.05, 0.1) is 0 Å². The smallest absolute Gasteiger partial charge is 1.00 e. The number of hydrogen-bond donors (Lipinski definition) is 0. The minimum Gasteiger partial charge on any atom is -1.00 e. The summed E-state index contributed by atoms with van der Waals surface area (Å²) in [5.41, 5.74) is 0. The van der Waals surface area contributed by atoms with E-state index in [1.54, 1.807) is 0 Å². The van der Waals surface area contributed by atoms with Crippen LogP contribution in [-0.2, 0) is 10.4 Å². The van der Waals surface area contributed by atoms with Crippen molar-refractivity contribution in [3.63, 3.8) is 0 Å². The molecule has 0 radical (unpaired) electrons. The Kier molecular flexibility index (Phi) is 26.2. The van der Waals surface area contributed by atoms with E-state index in [0.717, 1.165) is 0 Å². The fourth-order valence-corrected chi connectivity index (χ4v) is 0. The molecule has 0 atom stereocenters. The monoisotopic (exact) mass is 197 g/mol. The summed E-state index contributed by atoms with van der Waals surface area (Å²) in [5.74, 6) is 0. The first-order chi connectivity index (χ1) is 2.00. The van der Waals surface area contributed by atoms with Crippen LogP contribution in [0.4, 0.5) is 0 Å². The topological polar surface area (TPSA) is 80.3 Å². The van der Waals surface area contributed by atoms with E-state index >= 15 is 0 Å². The third-order valence-electron chi connectivity index (χ3n) is 0. The van der Waals surface area contributed by atoms with Gasteiger partial charge in [0, 0.05) is 10.4 Å². The molecule has 0 aromatic heterocycles. The van der Waals surface area contributed by atoms with E-state index in [-0.39, 0.29) is 81.2 Å². The summed E-state index contributed by atoms with van der Waals surface area (Å²) in [7, 11) is -5.17. The van der Waals surface area contributed by atoms with Gasteiger partial charge in [-0.1, -0.05) is 0 Å². The average Bonchev–Trinajstić information content (AvgIpc) is 0.722. The van der Waals surface area contributed by atoms with E-state index in [1.807, 2.05) is 0 Å². The summed E-state index contributed by atoms with van der Waals surface area (Å²) in [6.07, 6.45) is 0. The Bertz CT molecular complexity index is 99.2. The molecule has 0 rings (SSSR count). The third kappa shape index (κ3) is 82.5. The van der Waals surface area contributed by atoms with Crippen LogP contribution in [0, 0.1) is 0 Å². The van der Waals surface area contributed by atoms with E-state index < -0.39 is 10.4 Å². The van der Waals surface area contributed by atoms with E-state index in [1.165, 1.54) is 0 Å². The molecule has 0 bridgehead atoms. The van der Waals surface area contributed by atoms with Crippen LogP contribution >= 0.6 is 0 Å². The van der Waals surface area contributed by atoms with Gasteiger partial charge in [0.1, 0.15) is 0 Å². The van der Waals surface area contributed by atoms with Crippen molar-refractivity contribution >= 4 is 27.8 Å². The van der Waals surface area contributed by atoms with Gasteiger partial charge in [-0.3, -0.25) is 8.42 Å². The van der Waals surface area contributed by atoms with Gasteiger partial charge in [0.15, 0.2) is 0 Å². The molecule has 40 valence electrons. The molecule has 0 aromatic rings. The number of hydrogen-bond acceptors (Lipinski definition) is 4. The Labute approximate surface area is 107 Å². The maximum Gasteiger partial charge on any atom is 3.00 e. The molecule has 0 saturated carbocycles. The van der Waals surface area contributed by atoms with E-state index in [2.05, 4.69) is 0 Å². The molecule has 0 saturated heterocycles. The molecule has 8 heavy (non-hydrogen) atoms. The minimum absolute atomic E-state index is 0. The van der Waals surface area contributed by atoms with E-state index in [4.69, 9.17) is 17.5 Å². The average molecular weight is 198 g/mol. The second-order valence-electron chi connectivity index (χ2n) is 0.408. The second-order valence-corrected chi connectivity index (χ2v) is 1.22. The van der Waals surface area contributed by atoms with Gasteiger partial charge in [0.25, 0.3) is 0 Å². The summed E-state index contributed by atoms with van der Waals surface area (Å²) < 4.78 is 34.1. The largest absolute Gasteiger partial charge is 3.00 e. The first kappa shape index (κ1) is 22.4. The molecule has 0 aliphatic carbocycles. The molecule has 8 heteroatoms. The van der Waals surface area contributed by atoms with Crippen molar-refractivity contribution in [2.24, 2.45) is 0 Å². The Balaban J connectivity index is -0.0000000267. The molecule has 0 N–H and O–H groups in total. The summed E-state index contributed by atoms with van der Waals surface area (Å²) >= 11 is 0. The van der Waals surface area contributed by atoms with E-state index in [0.29, 0.717) is 0 Å². The molecule has 0 aliphatic heterocycles. The summed E-state index contributed by atoms with van der Waals surface area (Å²) in [4.78, 5) is 0. The number of halogens is 1. The van der Waals surface area contributed by atoms with Crippen molar-refractivity contribution in [3.05, 3.63) is 0 Å². The van der Waals surface area contributed by atoms with Gasteiger partial charge in [0.2, 0.25) is 0 Å². The van der Waals surface area contributed by atoms with Crippen molar-refractivity contribution in [1.29, 1.82) is 0 Å². The zero-order chi connectivity index (χ0) is 4.50. The maximum absolute atomic E-state index is 8.52. The van der Waals surface area contributed by atoms with Gasteiger partial charge in [-0.15, -0.1) is 0 Å². The molecule has 0 spiro atoms. The Morgan fingerprint density at radius 1 is 1.12 bits per heavy atom. The van der Waals surface area contributed by atoms with Gasteiger partial charge in [-0.05, 0) is 0 Å². The third-order valence-corrected chi connectivity index (χ3v) is 0. The Morgan fingerprint density at radius 3 is 1.12 bits per heavy atom. The second kappa shape index (κ2) is 9.33. The summed E-state index contributed by atoms with van der Waals surface area (Å²) in [6.45, 7) is 0. The fraction of sp³-hybridized carbons (Fsp3) is 0. The van der Waals surface area contributed by atoms with Gasteiger partial charge in [-0.25, -0.2) is 0 Å². The van der Waals surface area contributed by atoms with Crippen molar-refractivity contribution in [3.8, 4) is 0 Å². The van der Waals surface area contributed by atoms with Crippen molar-refractivity contribution in [2.45, 2.75) is 0 Å². The SMILES string of the molecule is O=S(=O)([O-])[O-].[Al+3].[Cl-].[K+]. The molecule has 0 heterocycles.